The van der Waals surface area contributed by atoms with Gasteiger partial charge in [-0.15, -0.1) is 0 Å². The minimum absolute atomic E-state index is 0.0272. The van der Waals surface area contributed by atoms with Crippen molar-refractivity contribution >= 4 is 5.91 Å². The summed E-state index contributed by atoms with van der Waals surface area (Å²) in [5.74, 6) is 0.216. The third kappa shape index (κ3) is 3.47. The number of hydrogen-bond acceptors (Lipinski definition) is 3. The summed E-state index contributed by atoms with van der Waals surface area (Å²) in [6.07, 6.45) is 8.11. The Morgan fingerprint density at radius 3 is 2.90 bits per heavy atom. The summed E-state index contributed by atoms with van der Waals surface area (Å²) < 4.78 is 5.24. The molecular formula is C16H20N2O2. The average Bonchev–Trinajstić information content (AvgIpc) is 2.90. The van der Waals surface area contributed by atoms with E-state index in [9.17, 15) is 4.79 Å². The quantitative estimate of drug-likeness (QED) is 0.873. The minimum Gasteiger partial charge on any atom is -0.459 e. The molecular weight excluding hydrogens is 252 g/mol. The van der Waals surface area contributed by atoms with Gasteiger partial charge in [0.25, 0.3) is 5.91 Å². The first-order chi connectivity index (χ1) is 9.72. The first kappa shape index (κ1) is 14.3. The van der Waals surface area contributed by atoms with Crippen molar-refractivity contribution < 1.29 is 9.21 Å². The van der Waals surface area contributed by atoms with Gasteiger partial charge in [0.2, 0.25) is 0 Å². The summed E-state index contributed by atoms with van der Waals surface area (Å²) in [7, 11) is 0. The van der Waals surface area contributed by atoms with Crippen LogP contribution in [0.3, 0.4) is 0 Å². The van der Waals surface area contributed by atoms with E-state index in [1.807, 2.05) is 19.1 Å². The van der Waals surface area contributed by atoms with E-state index in [1.165, 1.54) is 6.26 Å². The number of carbonyl (C=O) groups is 1. The molecule has 0 fully saturated rings. The number of unbranched alkanes of at least 4 members (excludes halogenated alkanes) is 1. The highest BCUT2D eigenvalue weighted by Gasteiger charge is 2.18. The van der Waals surface area contributed by atoms with Crippen LogP contribution >= 0.6 is 0 Å². The summed E-state index contributed by atoms with van der Waals surface area (Å²) >= 11 is 0. The summed E-state index contributed by atoms with van der Waals surface area (Å²) in [5, 5.41) is 3.04. The van der Waals surface area contributed by atoms with Crippen LogP contribution in [0.25, 0.3) is 0 Å². The average molecular weight is 272 g/mol. The van der Waals surface area contributed by atoms with E-state index in [-0.39, 0.29) is 11.9 Å². The number of aryl methyl sites for hydroxylation is 1. The molecule has 0 spiro atoms. The van der Waals surface area contributed by atoms with Crippen LogP contribution in [0.2, 0.25) is 0 Å². The second-order valence-electron chi connectivity index (χ2n) is 4.89. The van der Waals surface area contributed by atoms with Crippen LogP contribution < -0.4 is 5.32 Å². The topological polar surface area (TPSA) is 55.1 Å². The Morgan fingerprint density at radius 1 is 1.45 bits per heavy atom. The van der Waals surface area contributed by atoms with E-state index in [1.54, 1.807) is 18.5 Å². The van der Waals surface area contributed by atoms with Gasteiger partial charge in [0, 0.05) is 18.0 Å². The van der Waals surface area contributed by atoms with E-state index < -0.39 is 0 Å². The Hall–Kier alpha value is -2.10. The monoisotopic (exact) mass is 272 g/mol. The second kappa shape index (κ2) is 6.89. The standard InChI is InChI=1S/C16H20N2O2/c1-3-4-7-14(13-6-5-9-17-11-13)18-16(19)15-12(2)8-10-20-15/h5-6,8-11,14H,3-4,7H2,1-2H3,(H,18,19). The van der Waals surface area contributed by atoms with Crippen molar-refractivity contribution in [1.29, 1.82) is 0 Å². The molecule has 2 aromatic heterocycles. The van der Waals surface area contributed by atoms with Gasteiger partial charge in [0.05, 0.1) is 12.3 Å². The van der Waals surface area contributed by atoms with Crippen LogP contribution in [0.5, 0.6) is 0 Å². The molecule has 0 saturated heterocycles. The molecule has 2 heterocycles. The molecule has 1 N–H and O–H groups in total. The SMILES string of the molecule is CCCCC(NC(=O)c1occc1C)c1cccnc1. The maximum atomic E-state index is 12.2. The zero-order valence-electron chi connectivity index (χ0n) is 11.9. The van der Waals surface area contributed by atoms with Crippen LogP contribution in [-0.4, -0.2) is 10.9 Å². The predicted octanol–water partition coefficient (Wildman–Crippen LogP) is 3.64. The Kier molecular flexibility index (Phi) is 4.93. The maximum absolute atomic E-state index is 12.2. The largest absolute Gasteiger partial charge is 0.459 e. The van der Waals surface area contributed by atoms with Crippen LogP contribution in [0.1, 0.15) is 53.9 Å². The molecule has 0 bridgehead atoms. The third-order valence-electron chi connectivity index (χ3n) is 3.31. The molecule has 0 aromatic carbocycles. The van der Waals surface area contributed by atoms with Crippen molar-refractivity contribution in [3.63, 3.8) is 0 Å². The molecule has 2 rings (SSSR count). The zero-order chi connectivity index (χ0) is 14.4. The van der Waals surface area contributed by atoms with Crippen molar-refractivity contribution in [2.75, 3.05) is 0 Å². The van der Waals surface area contributed by atoms with Crippen LogP contribution in [0.4, 0.5) is 0 Å². The number of nitrogens with zero attached hydrogens (tertiary/aromatic N) is 1. The lowest BCUT2D eigenvalue weighted by Gasteiger charge is -2.18. The van der Waals surface area contributed by atoms with Crippen molar-refractivity contribution in [3.05, 3.63) is 53.7 Å². The van der Waals surface area contributed by atoms with Gasteiger partial charge in [-0.05, 0) is 31.0 Å². The van der Waals surface area contributed by atoms with Gasteiger partial charge in [-0.1, -0.05) is 25.8 Å². The Balaban J connectivity index is 2.12. The lowest BCUT2D eigenvalue weighted by molar-refractivity contribution is 0.0905. The lowest BCUT2D eigenvalue weighted by atomic mass is 10.0. The third-order valence-corrected chi connectivity index (χ3v) is 3.31. The molecule has 4 nitrogen and oxygen atoms in total. The Labute approximate surface area is 119 Å². The van der Waals surface area contributed by atoms with Crippen molar-refractivity contribution in [2.24, 2.45) is 0 Å². The smallest absolute Gasteiger partial charge is 0.287 e. The van der Waals surface area contributed by atoms with Crippen molar-refractivity contribution in [2.45, 2.75) is 39.2 Å². The summed E-state index contributed by atoms with van der Waals surface area (Å²) in [5.41, 5.74) is 1.88. The van der Waals surface area contributed by atoms with Crippen molar-refractivity contribution in [3.8, 4) is 0 Å². The first-order valence-electron chi connectivity index (χ1n) is 6.97. The summed E-state index contributed by atoms with van der Waals surface area (Å²) in [6.45, 7) is 4.00. The van der Waals surface area contributed by atoms with E-state index in [4.69, 9.17) is 4.42 Å². The number of rotatable bonds is 6. The highest BCUT2D eigenvalue weighted by Crippen LogP contribution is 2.20. The summed E-state index contributed by atoms with van der Waals surface area (Å²) in [6, 6.07) is 5.64. The molecule has 1 amide bonds. The molecule has 1 unspecified atom stereocenters. The number of amides is 1. The van der Waals surface area contributed by atoms with Gasteiger partial charge in [0.1, 0.15) is 0 Å². The molecule has 20 heavy (non-hydrogen) atoms. The van der Waals surface area contributed by atoms with Crippen LogP contribution in [0.15, 0.2) is 41.3 Å². The number of carbonyl (C=O) groups excluding carboxylic acids is 1. The molecule has 0 radical (unpaired) electrons. The fraction of sp³-hybridized carbons (Fsp3) is 0.375. The maximum Gasteiger partial charge on any atom is 0.287 e. The Bertz CT molecular complexity index is 549. The lowest BCUT2D eigenvalue weighted by Crippen LogP contribution is -2.28. The normalized spacial score (nSPS) is 12.1. The number of nitrogens with one attached hydrogen (secondary N) is 1. The van der Waals surface area contributed by atoms with Gasteiger partial charge in [-0.25, -0.2) is 0 Å². The zero-order valence-corrected chi connectivity index (χ0v) is 11.9. The molecule has 0 aliphatic heterocycles. The van der Waals surface area contributed by atoms with Gasteiger partial charge in [0.15, 0.2) is 5.76 Å². The molecule has 0 aliphatic carbocycles. The Morgan fingerprint density at radius 2 is 2.30 bits per heavy atom. The van der Waals surface area contributed by atoms with Gasteiger partial charge < -0.3 is 9.73 Å². The fourth-order valence-corrected chi connectivity index (χ4v) is 2.14. The fourth-order valence-electron chi connectivity index (χ4n) is 2.14. The second-order valence-corrected chi connectivity index (χ2v) is 4.89. The number of aromatic nitrogens is 1. The minimum atomic E-state index is -0.169. The molecule has 0 saturated carbocycles. The van der Waals surface area contributed by atoms with Gasteiger partial charge in [-0.3, -0.25) is 9.78 Å². The predicted molar refractivity (Wildman–Crippen MR) is 77.4 cm³/mol. The van der Waals surface area contributed by atoms with Gasteiger partial charge in [-0.2, -0.15) is 0 Å². The molecule has 2 aromatic rings. The first-order valence-corrected chi connectivity index (χ1v) is 6.97. The van der Waals surface area contributed by atoms with Gasteiger partial charge >= 0.3 is 0 Å². The van der Waals surface area contributed by atoms with E-state index in [0.717, 1.165) is 30.4 Å². The van der Waals surface area contributed by atoms with Crippen LogP contribution in [-0.2, 0) is 0 Å². The van der Waals surface area contributed by atoms with Crippen molar-refractivity contribution in [1.82, 2.24) is 10.3 Å². The molecule has 0 aliphatic rings. The summed E-state index contributed by atoms with van der Waals surface area (Å²) in [4.78, 5) is 16.4. The number of hydrogen-bond donors (Lipinski definition) is 1. The van der Waals surface area contributed by atoms with E-state index in [2.05, 4.69) is 17.2 Å². The van der Waals surface area contributed by atoms with E-state index >= 15 is 0 Å². The molecule has 106 valence electrons. The number of pyridine rings is 1. The van der Waals surface area contributed by atoms with Crippen LogP contribution in [0, 0.1) is 6.92 Å². The molecule has 1 atom stereocenters. The molecule has 4 heteroatoms. The van der Waals surface area contributed by atoms with E-state index in [0.29, 0.717) is 5.76 Å². The highest BCUT2D eigenvalue weighted by molar-refractivity contribution is 5.93. The highest BCUT2D eigenvalue weighted by atomic mass is 16.3. The number of furan rings is 1.